The molecular weight excluding hydrogens is 435 g/mol. The Morgan fingerprint density at radius 2 is 1.71 bits per heavy atom. The topological polar surface area (TPSA) is 80.2 Å². The zero-order valence-electron chi connectivity index (χ0n) is 18.5. The number of carbonyl (C=O) groups is 1. The summed E-state index contributed by atoms with van der Waals surface area (Å²) in [4.78, 5) is 12.5. The third-order valence-electron chi connectivity index (χ3n) is 5.10. The fraction of sp³-hybridized carbons (Fsp3) is 0.111. The summed E-state index contributed by atoms with van der Waals surface area (Å²) in [6, 6.07) is 22.2. The number of ether oxygens (including phenoxy) is 2. The summed E-state index contributed by atoms with van der Waals surface area (Å²) in [6.45, 7) is 2.32. The quantitative estimate of drug-likeness (QED) is 0.273. The lowest BCUT2D eigenvalue weighted by Gasteiger charge is -2.13. The molecular formula is C27H23FN2O4. The van der Waals surface area contributed by atoms with Crippen molar-refractivity contribution >= 4 is 22.9 Å². The van der Waals surface area contributed by atoms with E-state index in [1.807, 2.05) is 31.2 Å². The van der Waals surface area contributed by atoms with Crippen molar-refractivity contribution < 1.29 is 23.8 Å². The predicted octanol–water partition coefficient (Wildman–Crippen LogP) is 5.43. The second-order valence-electron chi connectivity index (χ2n) is 7.43. The minimum Gasteiger partial charge on any atom is -0.507 e. The van der Waals surface area contributed by atoms with Gasteiger partial charge in [-0.15, -0.1) is 0 Å². The summed E-state index contributed by atoms with van der Waals surface area (Å²) in [5, 5.41) is 15.9. The molecule has 0 saturated heterocycles. The number of phenolic OH excluding ortho intramolecular Hbond substituents is 1. The van der Waals surface area contributed by atoms with E-state index in [9.17, 15) is 14.3 Å². The maximum absolute atomic E-state index is 13.9. The fourth-order valence-corrected chi connectivity index (χ4v) is 3.40. The van der Waals surface area contributed by atoms with Crippen LogP contribution in [0.4, 0.5) is 4.39 Å². The van der Waals surface area contributed by atoms with E-state index in [1.165, 1.54) is 12.3 Å². The third-order valence-corrected chi connectivity index (χ3v) is 5.10. The number of phenols is 1. The Morgan fingerprint density at radius 3 is 2.47 bits per heavy atom. The van der Waals surface area contributed by atoms with Crippen LogP contribution in [-0.2, 0) is 6.61 Å². The first-order valence-corrected chi connectivity index (χ1v) is 10.7. The first kappa shape index (κ1) is 22.8. The van der Waals surface area contributed by atoms with Crippen molar-refractivity contribution in [1.82, 2.24) is 5.43 Å². The highest BCUT2D eigenvalue weighted by atomic mass is 19.1. The average molecular weight is 458 g/mol. The Labute approximate surface area is 196 Å². The van der Waals surface area contributed by atoms with Crippen molar-refractivity contribution in [3.63, 3.8) is 0 Å². The molecule has 4 aromatic carbocycles. The molecule has 0 fully saturated rings. The second-order valence-corrected chi connectivity index (χ2v) is 7.43. The molecule has 7 heteroatoms. The molecule has 6 nitrogen and oxygen atoms in total. The first-order valence-electron chi connectivity index (χ1n) is 10.7. The highest BCUT2D eigenvalue weighted by Crippen LogP contribution is 2.29. The Kier molecular flexibility index (Phi) is 7.03. The molecule has 2 N–H and O–H groups in total. The lowest BCUT2D eigenvalue weighted by atomic mass is 10.1. The average Bonchev–Trinajstić information content (AvgIpc) is 2.84. The van der Waals surface area contributed by atoms with Gasteiger partial charge in [-0.1, -0.05) is 42.5 Å². The van der Waals surface area contributed by atoms with Crippen molar-refractivity contribution in [2.24, 2.45) is 5.10 Å². The van der Waals surface area contributed by atoms with Crippen molar-refractivity contribution in [2.45, 2.75) is 13.5 Å². The van der Waals surface area contributed by atoms with Gasteiger partial charge in [-0.3, -0.25) is 4.79 Å². The molecule has 1 amide bonds. The molecule has 4 aromatic rings. The lowest BCUT2D eigenvalue weighted by Crippen LogP contribution is -2.17. The number of hydrogen-bond acceptors (Lipinski definition) is 5. The van der Waals surface area contributed by atoms with E-state index in [0.29, 0.717) is 29.2 Å². The highest BCUT2D eigenvalue weighted by molar-refractivity contribution is 6.01. The number of fused-ring (bicyclic) bond motifs is 1. The van der Waals surface area contributed by atoms with E-state index in [1.54, 1.807) is 48.5 Å². The Hall–Kier alpha value is -4.39. The fourth-order valence-electron chi connectivity index (χ4n) is 3.40. The van der Waals surface area contributed by atoms with E-state index >= 15 is 0 Å². The summed E-state index contributed by atoms with van der Waals surface area (Å²) >= 11 is 0. The maximum atomic E-state index is 13.9. The molecule has 0 aliphatic heterocycles. The Morgan fingerprint density at radius 1 is 0.971 bits per heavy atom. The van der Waals surface area contributed by atoms with Crippen LogP contribution in [0.1, 0.15) is 28.4 Å². The number of nitrogens with zero attached hydrogens (tertiary/aromatic N) is 1. The van der Waals surface area contributed by atoms with Gasteiger partial charge in [0.2, 0.25) is 0 Å². The van der Waals surface area contributed by atoms with E-state index in [0.717, 1.165) is 10.8 Å². The van der Waals surface area contributed by atoms with Gasteiger partial charge in [-0.25, -0.2) is 9.82 Å². The van der Waals surface area contributed by atoms with Crippen LogP contribution in [-0.4, -0.2) is 23.8 Å². The molecule has 0 spiro atoms. The van der Waals surface area contributed by atoms with Crippen LogP contribution in [0.15, 0.2) is 84.0 Å². The molecule has 4 rings (SSSR count). The van der Waals surface area contributed by atoms with Gasteiger partial charge >= 0.3 is 0 Å². The van der Waals surface area contributed by atoms with E-state index in [-0.39, 0.29) is 23.7 Å². The van der Waals surface area contributed by atoms with Gasteiger partial charge in [0.05, 0.1) is 18.4 Å². The largest absolute Gasteiger partial charge is 0.507 e. The molecule has 0 aliphatic carbocycles. The van der Waals surface area contributed by atoms with Crippen molar-refractivity contribution in [3.05, 3.63) is 101 Å². The summed E-state index contributed by atoms with van der Waals surface area (Å²) in [7, 11) is 0. The predicted molar refractivity (Wildman–Crippen MR) is 129 cm³/mol. The molecule has 172 valence electrons. The molecule has 0 atom stereocenters. The number of benzene rings is 4. The summed E-state index contributed by atoms with van der Waals surface area (Å²) in [6.07, 6.45) is 1.46. The van der Waals surface area contributed by atoms with Crippen molar-refractivity contribution in [3.8, 4) is 17.2 Å². The molecule has 0 radical (unpaired) electrons. The normalized spacial score (nSPS) is 11.0. The third kappa shape index (κ3) is 5.32. The number of rotatable bonds is 8. The van der Waals surface area contributed by atoms with Crippen LogP contribution in [0.2, 0.25) is 0 Å². The number of nitrogens with one attached hydrogen (secondary N) is 1. The van der Waals surface area contributed by atoms with Crippen molar-refractivity contribution in [1.29, 1.82) is 0 Å². The number of amides is 1. The minimum absolute atomic E-state index is 0.0610. The van der Waals surface area contributed by atoms with Gasteiger partial charge < -0.3 is 14.6 Å². The lowest BCUT2D eigenvalue weighted by molar-refractivity contribution is 0.0952. The number of hydrazone groups is 1. The molecule has 0 saturated carbocycles. The molecule has 34 heavy (non-hydrogen) atoms. The number of aromatic hydroxyl groups is 1. The number of carbonyl (C=O) groups excluding carboxylic acids is 1. The monoisotopic (exact) mass is 458 g/mol. The van der Waals surface area contributed by atoms with Crippen LogP contribution < -0.4 is 14.9 Å². The molecule has 0 heterocycles. The van der Waals surface area contributed by atoms with E-state index < -0.39 is 5.91 Å². The first-order chi connectivity index (χ1) is 16.5. The molecule has 0 aliphatic rings. The number of hydrogen-bond donors (Lipinski definition) is 2. The van der Waals surface area contributed by atoms with Crippen LogP contribution in [0, 0.1) is 5.82 Å². The molecule has 0 bridgehead atoms. The smallest absolute Gasteiger partial charge is 0.275 e. The standard InChI is InChI=1S/C27H23FN2O4/c1-2-33-26-13-18(11-12-25(26)34-17-21-9-5-6-10-23(21)28)16-29-30-27(32)22-14-19-7-3-4-8-20(19)15-24(22)31/h3-16,31H,2,17H2,1H3,(H,30,32)/b29-16+. The second kappa shape index (κ2) is 10.5. The van der Waals surface area contributed by atoms with Crippen LogP contribution in [0.25, 0.3) is 10.8 Å². The zero-order chi connectivity index (χ0) is 23.9. The highest BCUT2D eigenvalue weighted by Gasteiger charge is 2.12. The van der Waals surface area contributed by atoms with Gasteiger partial charge in [0.15, 0.2) is 11.5 Å². The van der Waals surface area contributed by atoms with Gasteiger partial charge in [0.25, 0.3) is 5.91 Å². The summed E-state index contributed by atoms with van der Waals surface area (Å²) in [5.41, 5.74) is 3.65. The zero-order valence-corrected chi connectivity index (χ0v) is 18.5. The van der Waals surface area contributed by atoms with Crippen LogP contribution >= 0.6 is 0 Å². The maximum Gasteiger partial charge on any atom is 0.275 e. The van der Waals surface area contributed by atoms with Gasteiger partial charge in [-0.2, -0.15) is 5.10 Å². The van der Waals surface area contributed by atoms with Crippen molar-refractivity contribution in [2.75, 3.05) is 6.61 Å². The summed E-state index contributed by atoms with van der Waals surface area (Å²) in [5.74, 6) is -0.0539. The van der Waals surface area contributed by atoms with Crippen LogP contribution in [0.5, 0.6) is 17.2 Å². The van der Waals surface area contributed by atoms with Gasteiger partial charge in [0.1, 0.15) is 18.2 Å². The van der Waals surface area contributed by atoms with Gasteiger partial charge in [-0.05, 0) is 59.7 Å². The van der Waals surface area contributed by atoms with E-state index in [4.69, 9.17) is 9.47 Å². The Balaban J connectivity index is 1.45. The van der Waals surface area contributed by atoms with Gasteiger partial charge in [0, 0.05) is 5.56 Å². The summed E-state index contributed by atoms with van der Waals surface area (Å²) < 4.78 is 25.3. The van der Waals surface area contributed by atoms with Crippen LogP contribution in [0.3, 0.4) is 0 Å². The SMILES string of the molecule is CCOc1cc(/C=N/NC(=O)c2cc3ccccc3cc2O)ccc1OCc1ccccc1F. The molecule has 0 unspecified atom stereocenters. The Bertz CT molecular complexity index is 1350. The van der Waals surface area contributed by atoms with E-state index in [2.05, 4.69) is 10.5 Å². The minimum atomic E-state index is -0.533. The molecule has 0 aromatic heterocycles. The number of halogens is 1.